The lowest BCUT2D eigenvalue weighted by atomic mass is 10.1. The fourth-order valence-electron chi connectivity index (χ4n) is 1.61. The first-order valence-electron chi connectivity index (χ1n) is 6.93. The molecule has 0 aliphatic rings. The minimum Gasteiger partial charge on any atom is -0.394 e. The summed E-state index contributed by atoms with van der Waals surface area (Å²) in [6.45, 7) is 10.5. The zero-order valence-electron chi connectivity index (χ0n) is 12.4. The maximum absolute atomic E-state index is 8.55. The normalized spacial score (nSPS) is 13.8. The molecule has 0 bridgehead atoms. The van der Waals surface area contributed by atoms with Crippen molar-refractivity contribution in [2.45, 2.75) is 58.7 Å². The molecular formula is C14H30O4. The van der Waals surface area contributed by atoms with Crippen LogP contribution in [0.25, 0.3) is 0 Å². The predicted molar refractivity (Wildman–Crippen MR) is 72.9 cm³/mol. The Kier molecular flexibility index (Phi) is 10.6. The van der Waals surface area contributed by atoms with E-state index in [1.54, 1.807) is 0 Å². The van der Waals surface area contributed by atoms with Crippen LogP contribution in [-0.4, -0.2) is 49.8 Å². The zero-order chi connectivity index (χ0) is 13.9. The van der Waals surface area contributed by atoms with E-state index in [9.17, 15) is 0 Å². The molecule has 0 aromatic rings. The number of hydrogen-bond donors (Lipinski definition) is 1. The molecule has 0 radical (unpaired) electrons. The SMILES string of the molecule is CCCCC(COCCOCCO)OC(C)(C)C. The maximum atomic E-state index is 8.55. The summed E-state index contributed by atoms with van der Waals surface area (Å²) >= 11 is 0. The molecule has 0 heterocycles. The molecule has 0 saturated carbocycles. The van der Waals surface area contributed by atoms with Gasteiger partial charge in [0.2, 0.25) is 0 Å². The summed E-state index contributed by atoms with van der Waals surface area (Å²) in [4.78, 5) is 0. The first-order valence-corrected chi connectivity index (χ1v) is 6.93. The largest absolute Gasteiger partial charge is 0.394 e. The second-order valence-electron chi connectivity index (χ2n) is 5.41. The third-order valence-electron chi connectivity index (χ3n) is 2.31. The Balaban J connectivity index is 3.72. The van der Waals surface area contributed by atoms with Crippen LogP contribution in [0.1, 0.15) is 47.0 Å². The lowest BCUT2D eigenvalue weighted by Gasteiger charge is -2.27. The monoisotopic (exact) mass is 262 g/mol. The summed E-state index contributed by atoms with van der Waals surface area (Å²) in [5.41, 5.74) is -0.130. The Bertz CT molecular complexity index is 177. The molecule has 0 aromatic carbocycles. The molecule has 0 spiro atoms. The average Bonchev–Trinajstić information content (AvgIpc) is 2.28. The van der Waals surface area contributed by atoms with Crippen LogP contribution in [0, 0.1) is 0 Å². The van der Waals surface area contributed by atoms with Crippen LogP contribution in [0.5, 0.6) is 0 Å². The van der Waals surface area contributed by atoms with Crippen LogP contribution in [0.3, 0.4) is 0 Å². The van der Waals surface area contributed by atoms with Gasteiger partial charge in [-0.15, -0.1) is 0 Å². The molecule has 1 atom stereocenters. The van der Waals surface area contributed by atoms with Crippen LogP contribution in [0.2, 0.25) is 0 Å². The number of aliphatic hydroxyl groups excluding tert-OH is 1. The van der Waals surface area contributed by atoms with E-state index in [0.29, 0.717) is 26.4 Å². The van der Waals surface area contributed by atoms with Gasteiger partial charge >= 0.3 is 0 Å². The second kappa shape index (κ2) is 10.7. The number of hydrogen-bond acceptors (Lipinski definition) is 4. The third kappa shape index (κ3) is 12.3. The smallest absolute Gasteiger partial charge is 0.0815 e. The van der Waals surface area contributed by atoms with Gasteiger partial charge in [0, 0.05) is 0 Å². The highest BCUT2D eigenvalue weighted by Crippen LogP contribution is 2.15. The molecule has 0 amide bonds. The van der Waals surface area contributed by atoms with Crippen molar-refractivity contribution < 1.29 is 19.3 Å². The Hall–Kier alpha value is -0.160. The van der Waals surface area contributed by atoms with Crippen molar-refractivity contribution in [3.05, 3.63) is 0 Å². The summed E-state index contributed by atoms with van der Waals surface area (Å²) in [7, 11) is 0. The molecule has 0 aromatic heterocycles. The van der Waals surface area contributed by atoms with E-state index in [2.05, 4.69) is 27.7 Å². The van der Waals surface area contributed by atoms with Gasteiger partial charge in [-0.2, -0.15) is 0 Å². The van der Waals surface area contributed by atoms with Crippen LogP contribution in [0.4, 0.5) is 0 Å². The molecule has 0 fully saturated rings. The van der Waals surface area contributed by atoms with E-state index in [1.165, 1.54) is 6.42 Å². The number of rotatable bonds is 11. The minimum absolute atomic E-state index is 0.0618. The molecule has 0 aliphatic heterocycles. The molecule has 0 rings (SSSR count). The lowest BCUT2D eigenvalue weighted by molar-refractivity contribution is -0.100. The lowest BCUT2D eigenvalue weighted by Crippen LogP contribution is -2.31. The molecule has 1 unspecified atom stereocenters. The molecule has 110 valence electrons. The first kappa shape index (κ1) is 17.8. The van der Waals surface area contributed by atoms with Crippen LogP contribution >= 0.6 is 0 Å². The standard InChI is InChI=1S/C14H30O4/c1-5-6-7-13(18-14(2,3)4)12-17-11-10-16-9-8-15/h13,15H,5-12H2,1-4H3. The van der Waals surface area contributed by atoms with Crippen molar-refractivity contribution in [1.82, 2.24) is 0 Å². The van der Waals surface area contributed by atoms with Crippen molar-refractivity contribution in [3.63, 3.8) is 0 Å². The number of ether oxygens (including phenoxy) is 3. The van der Waals surface area contributed by atoms with Crippen molar-refractivity contribution in [3.8, 4) is 0 Å². The van der Waals surface area contributed by atoms with E-state index in [1.807, 2.05) is 0 Å². The third-order valence-corrected chi connectivity index (χ3v) is 2.31. The van der Waals surface area contributed by atoms with E-state index >= 15 is 0 Å². The molecule has 4 heteroatoms. The zero-order valence-corrected chi connectivity index (χ0v) is 12.4. The van der Waals surface area contributed by atoms with Gasteiger partial charge in [0.25, 0.3) is 0 Å². The Labute approximate surface area is 112 Å². The molecule has 1 N–H and O–H groups in total. The summed E-state index contributed by atoms with van der Waals surface area (Å²) in [6.07, 6.45) is 3.52. The molecule has 0 aliphatic carbocycles. The van der Waals surface area contributed by atoms with Gasteiger partial charge in [-0.3, -0.25) is 0 Å². The van der Waals surface area contributed by atoms with Crippen molar-refractivity contribution in [1.29, 1.82) is 0 Å². The van der Waals surface area contributed by atoms with Crippen molar-refractivity contribution in [2.24, 2.45) is 0 Å². The topological polar surface area (TPSA) is 47.9 Å². The maximum Gasteiger partial charge on any atom is 0.0815 e. The number of aliphatic hydroxyl groups is 1. The van der Waals surface area contributed by atoms with Crippen LogP contribution in [0.15, 0.2) is 0 Å². The highest BCUT2D eigenvalue weighted by atomic mass is 16.6. The van der Waals surface area contributed by atoms with Crippen LogP contribution < -0.4 is 0 Å². The molecule has 4 nitrogen and oxygen atoms in total. The molecular weight excluding hydrogens is 232 g/mol. The van der Waals surface area contributed by atoms with Gasteiger partial charge in [0.15, 0.2) is 0 Å². The highest BCUT2D eigenvalue weighted by molar-refractivity contribution is 4.66. The summed E-state index contributed by atoms with van der Waals surface area (Å²) < 4.78 is 16.6. The van der Waals surface area contributed by atoms with Gasteiger partial charge < -0.3 is 19.3 Å². The number of unbranched alkanes of at least 4 members (excludes halogenated alkanes) is 1. The Morgan fingerprint density at radius 3 is 2.28 bits per heavy atom. The Morgan fingerprint density at radius 1 is 1.06 bits per heavy atom. The fraction of sp³-hybridized carbons (Fsp3) is 1.00. The van der Waals surface area contributed by atoms with Crippen molar-refractivity contribution in [2.75, 3.05) is 33.0 Å². The van der Waals surface area contributed by atoms with Gasteiger partial charge in [0.05, 0.1) is 44.7 Å². The minimum atomic E-state index is -0.130. The summed E-state index contributed by atoms with van der Waals surface area (Å²) in [5, 5.41) is 8.55. The molecule has 18 heavy (non-hydrogen) atoms. The van der Waals surface area contributed by atoms with Gasteiger partial charge in [-0.1, -0.05) is 19.8 Å². The summed E-state index contributed by atoms with van der Waals surface area (Å²) in [5.74, 6) is 0. The molecule has 0 saturated heterocycles. The summed E-state index contributed by atoms with van der Waals surface area (Å²) in [6, 6.07) is 0. The van der Waals surface area contributed by atoms with Gasteiger partial charge in [-0.25, -0.2) is 0 Å². The highest BCUT2D eigenvalue weighted by Gasteiger charge is 2.18. The van der Waals surface area contributed by atoms with E-state index in [-0.39, 0.29) is 18.3 Å². The Morgan fingerprint density at radius 2 is 1.72 bits per heavy atom. The second-order valence-corrected chi connectivity index (χ2v) is 5.41. The quantitative estimate of drug-likeness (QED) is 0.581. The average molecular weight is 262 g/mol. The van der Waals surface area contributed by atoms with Gasteiger partial charge in [0.1, 0.15) is 0 Å². The predicted octanol–water partition coefficient (Wildman–Crippen LogP) is 2.39. The van der Waals surface area contributed by atoms with Crippen LogP contribution in [-0.2, 0) is 14.2 Å². The van der Waals surface area contributed by atoms with E-state index in [4.69, 9.17) is 19.3 Å². The van der Waals surface area contributed by atoms with E-state index < -0.39 is 0 Å². The van der Waals surface area contributed by atoms with Gasteiger partial charge in [-0.05, 0) is 27.2 Å². The first-order chi connectivity index (χ1) is 8.49. The van der Waals surface area contributed by atoms with Crippen molar-refractivity contribution >= 4 is 0 Å². The fourth-order valence-corrected chi connectivity index (χ4v) is 1.61. The van der Waals surface area contributed by atoms with E-state index in [0.717, 1.165) is 12.8 Å².